The number of ether oxygens (including phenoxy) is 2. The molecule has 0 radical (unpaired) electrons. The number of hydrogen-bond donors (Lipinski definition) is 8. The van der Waals surface area contributed by atoms with Gasteiger partial charge in [-0.1, -0.05) is 212 Å². The maximum Gasteiger partial charge on any atom is 0.249 e. The van der Waals surface area contributed by atoms with Crippen LogP contribution in [-0.2, 0) is 14.3 Å². The monoisotopic (exact) mass is 886 g/mol. The lowest BCUT2D eigenvalue weighted by atomic mass is 9.98. The maximum absolute atomic E-state index is 13.1. The van der Waals surface area contributed by atoms with Crippen molar-refractivity contribution in [3.63, 3.8) is 0 Å². The summed E-state index contributed by atoms with van der Waals surface area (Å²) < 4.78 is 11.1. The SMILES string of the molecule is CCCCC/C=C/CCCC(O)C(O)C(COC1OC(CO)C(O)C(O)C1O)NC(=O)C(O)CCCCCCCCCCCCCCCCCCCCCCCCCCCCC. The van der Waals surface area contributed by atoms with Gasteiger partial charge < -0.3 is 50.5 Å². The fraction of sp³-hybridized carbons (Fsp3) is 0.941. The summed E-state index contributed by atoms with van der Waals surface area (Å²) in [5.41, 5.74) is 0. The van der Waals surface area contributed by atoms with Gasteiger partial charge in [0.05, 0.1) is 25.4 Å². The molecule has 1 heterocycles. The Labute approximate surface area is 379 Å². The largest absolute Gasteiger partial charge is 0.394 e. The van der Waals surface area contributed by atoms with Crippen LogP contribution in [0.4, 0.5) is 0 Å². The molecule has 11 heteroatoms. The molecule has 0 aliphatic carbocycles. The lowest BCUT2D eigenvalue weighted by Gasteiger charge is -2.40. The minimum atomic E-state index is -1.66. The number of carbonyl (C=O) groups is 1. The molecule has 8 N–H and O–H groups in total. The van der Waals surface area contributed by atoms with Crippen LogP contribution in [-0.4, -0.2) is 110 Å². The zero-order chi connectivity index (χ0) is 45.5. The van der Waals surface area contributed by atoms with Gasteiger partial charge in [0.2, 0.25) is 5.91 Å². The first-order valence-corrected chi connectivity index (χ1v) is 26.1. The molecule has 0 aromatic rings. The van der Waals surface area contributed by atoms with Crippen molar-refractivity contribution in [3.05, 3.63) is 12.2 Å². The van der Waals surface area contributed by atoms with E-state index in [1.807, 2.05) is 0 Å². The number of aliphatic hydroxyl groups is 7. The number of allylic oxidation sites excluding steroid dienone is 2. The van der Waals surface area contributed by atoms with E-state index in [1.165, 1.54) is 154 Å². The zero-order valence-electron chi connectivity index (χ0n) is 39.9. The molecule has 1 fully saturated rings. The van der Waals surface area contributed by atoms with E-state index in [2.05, 4.69) is 31.3 Å². The summed E-state index contributed by atoms with van der Waals surface area (Å²) in [6, 6.07) is -1.18. The van der Waals surface area contributed by atoms with Crippen LogP contribution in [0, 0.1) is 0 Å². The highest BCUT2D eigenvalue weighted by molar-refractivity contribution is 5.80. The van der Waals surface area contributed by atoms with Crippen molar-refractivity contribution < 1.29 is 50.0 Å². The minimum Gasteiger partial charge on any atom is -0.394 e. The molecule has 9 atom stereocenters. The van der Waals surface area contributed by atoms with E-state index >= 15 is 0 Å². The van der Waals surface area contributed by atoms with Gasteiger partial charge in [-0.25, -0.2) is 0 Å². The number of amides is 1. The van der Waals surface area contributed by atoms with Crippen molar-refractivity contribution in [3.8, 4) is 0 Å². The van der Waals surface area contributed by atoms with E-state index in [1.54, 1.807) is 0 Å². The van der Waals surface area contributed by atoms with Gasteiger partial charge in [0.25, 0.3) is 0 Å². The van der Waals surface area contributed by atoms with Crippen molar-refractivity contribution in [1.29, 1.82) is 0 Å². The molecule has 0 saturated carbocycles. The molecule has 11 nitrogen and oxygen atoms in total. The van der Waals surface area contributed by atoms with Crippen LogP contribution in [0.25, 0.3) is 0 Å². The average Bonchev–Trinajstić information content (AvgIpc) is 3.27. The zero-order valence-corrected chi connectivity index (χ0v) is 39.9. The third kappa shape index (κ3) is 30.1. The Bertz CT molecular complexity index is 1020. The van der Waals surface area contributed by atoms with Crippen molar-refractivity contribution in [2.24, 2.45) is 0 Å². The molecular weight excluding hydrogens is 787 g/mol. The van der Waals surface area contributed by atoms with Crippen LogP contribution in [0.15, 0.2) is 12.2 Å². The van der Waals surface area contributed by atoms with E-state index in [0.29, 0.717) is 12.8 Å². The molecule has 1 aliphatic rings. The summed E-state index contributed by atoms with van der Waals surface area (Å²) in [5, 5.41) is 75.5. The molecule has 9 unspecified atom stereocenters. The lowest BCUT2D eigenvalue weighted by Crippen LogP contribution is -2.60. The van der Waals surface area contributed by atoms with Crippen LogP contribution in [0.3, 0.4) is 0 Å². The van der Waals surface area contributed by atoms with Crippen molar-refractivity contribution in [1.82, 2.24) is 5.32 Å². The van der Waals surface area contributed by atoms with Crippen molar-refractivity contribution in [2.75, 3.05) is 13.2 Å². The van der Waals surface area contributed by atoms with Gasteiger partial charge in [0.1, 0.15) is 36.6 Å². The Balaban J connectivity index is 2.21. The first-order valence-electron chi connectivity index (χ1n) is 26.1. The number of rotatable bonds is 44. The highest BCUT2D eigenvalue weighted by Crippen LogP contribution is 2.23. The molecule has 1 amide bonds. The molecule has 0 spiro atoms. The number of aliphatic hydroxyl groups excluding tert-OH is 7. The van der Waals surface area contributed by atoms with Gasteiger partial charge in [0.15, 0.2) is 6.29 Å². The number of nitrogens with one attached hydrogen (secondary N) is 1. The van der Waals surface area contributed by atoms with E-state index in [-0.39, 0.29) is 12.8 Å². The summed E-state index contributed by atoms with van der Waals surface area (Å²) in [7, 11) is 0. The fourth-order valence-corrected chi connectivity index (χ4v) is 8.50. The summed E-state index contributed by atoms with van der Waals surface area (Å²) in [4.78, 5) is 13.1. The minimum absolute atomic E-state index is 0.259. The predicted molar refractivity (Wildman–Crippen MR) is 252 cm³/mol. The lowest BCUT2D eigenvalue weighted by molar-refractivity contribution is -0.303. The van der Waals surface area contributed by atoms with Crippen molar-refractivity contribution in [2.45, 2.75) is 294 Å². The Morgan fingerprint density at radius 2 is 0.952 bits per heavy atom. The third-order valence-corrected chi connectivity index (χ3v) is 12.8. The topological polar surface area (TPSA) is 189 Å². The van der Waals surface area contributed by atoms with Gasteiger partial charge in [-0.3, -0.25) is 4.79 Å². The molecule has 62 heavy (non-hydrogen) atoms. The van der Waals surface area contributed by atoms with Crippen LogP contribution in [0.1, 0.15) is 239 Å². The van der Waals surface area contributed by atoms with Crippen LogP contribution >= 0.6 is 0 Å². The molecule has 1 saturated heterocycles. The average molecular weight is 886 g/mol. The highest BCUT2D eigenvalue weighted by Gasteiger charge is 2.44. The molecule has 0 bridgehead atoms. The molecule has 1 aliphatic heterocycles. The van der Waals surface area contributed by atoms with Crippen LogP contribution < -0.4 is 5.32 Å². The second-order valence-electron chi connectivity index (χ2n) is 18.6. The van der Waals surface area contributed by atoms with E-state index in [0.717, 1.165) is 44.9 Å². The molecule has 1 rings (SSSR count). The maximum atomic E-state index is 13.1. The fourth-order valence-electron chi connectivity index (χ4n) is 8.50. The Kier molecular flexibility index (Phi) is 39.2. The van der Waals surface area contributed by atoms with Gasteiger partial charge in [-0.05, 0) is 38.5 Å². The molecular formula is C51H99NO10. The van der Waals surface area contributed by atoms with Gasteiger partial charge in [-0.15, -0.1) is 0 Å². The molecule has 368 valence electrons. The van der Waals surface area contributed by atoms with Crippen molar-refractivity contribution >= 4 is 5.91 Å². The second kappa shape index (κ2) is 41.3. The third-order valence-electron chi connectivity index (χ3n) is 12.8. The number of unbranched alkanes of at least 4 members (excludes halogenated alkanes) is 30. The van der Waals surface area contributed by atoms with Crippen LogP contribution in [0.5, 0.6) is 0 Å². The van der Waals surface area contributed by atoms with Gasteiger partial charge >= 0.3 is 0 Å². The van der Waals surface area contributed by atoms with Gasteiger partial charge in [0, 0.05) is 0 Å². The quantitative estimate of drug-likeness (QED) is 0.0216. The Morgan fingerprint density at radius 3 is 1.39 bits per heavy atom. The molecule has 0 aromatic carbocycles. The summed E-state index contributed by atoms with van der Waals surface area (Å²) in [6.07, 6.45) is 34.6. The van der Waals surface area contributed by atoms with E-state index in [4.69, 9.17) is 9.47 Å². The Hall–Kier alpha value is -1.15. The van der Waals surface area contributed by atoms with E-state index < -0.39 is 74.2 Å². The molecule has 0 aromatic heterocycles. The summed E-state index contributed by atoms with van der Waals surface area (Å²) in [6.45, 7) is 3.38. The summed E-state index contributed by atoms with van der Waals surface area (Å²) >= 11 is 0. The first-order chi connectivity index (χ1) is 30.2. The number of carbonyl (C=O) groups excluding carboxylic acids is 1. The highest BCUT2D eigenvalue weighted by atomic mass is 16.7. The smallest absolute Gasteiger partial charge is 0.249 e. The standard InChI is InChI=1S/C51H99NO10/c1-3-5-7-9-11-13-14-15-16-17-18-19-20-21-22-23-24-25-26-27-28-29-30-31-33-35-37-39-44(55)50(60)52-42(41-61-51-49(59)48(58)47(57)45(40-53)62-51)46(56)43(54)38-36-34-32-12-10-8-6-4-2/h12,32,42-49,51,53-59H,3-11,13-31,33-41H2,1-2H3,(H,52,60)/b32-12+. The van der Waals surface area contributed by atoms with Crippen LogP contribution in [0.2, 0.25) is 0 Å². The Morgan fingerprint density at radius 1 is 0.548 bits per heavy atom. The summed E-state index contributed by atoms with van der Waals surface area (Å²) in [5.74, 6) is -0.705. The normalized spacial score (nSPS) is 21.3. The second-order valence-corrected chi connectivity index (χ2v) is 18.6. The van der Waals surface area contributed by atoms with Gasteiger partial charge in [-0.2, -0.15) is 0 Å². The first kappa shape index (κ1) is 58.9. The number of hydrogen-bond acceptors (Lipinski definition) is 10. The predicted octanol–water partition coefficient (Wildman–Crippen LogP) is 9.62. The van der Waals surface area contributed by atoms with E-state index in [9.17, 15) is 40.5 Å².